The van der Waals surface area contributed by atoms with Crippen LogP contribution in [0.3, 0.4) is 0 Å². The molecule has 4 nitrogen and oxygen atoms in total. The van der Waals surface area contributed by atoms with E-state index in [1.807, 2.05) is 0 Å². The maximum Gasteiger partial charge on any atom is 0.508 e. The fraction of sp³-hybridized carbons (Fsp3) is 0.929. The van der Waals surface area contributed by atoms with Gasteiger partial charge in [0, 0.05) is 5.92 Å². The summed E-state index contributed by atoms with van der Waals surface area (Å²) in [4.78, 5) is 11.6. The van der Waals surface area contributed by atoms with Crippen molar-refractivity contribution in [3.05, 3.63) is 0 Å². The van der Waals surface area contributed by atoms with Gasteiger partial charge in [0.2, 0.25) is 0 Å². The lowest BCUT2D eigenvalue weighted by Gasteiger charge is -2.43. The normalized spacial score (nSPS) is 37.5. The van der Waals surface area contributed by atoms with E-state index < -0.39 is 6.16 Å². The summed E-state index contributed by atoms with van der Waals surface area (Å²) >= 11 is 0. The van der Waals surface area contributed by atoms with Gasteiger partial charge in [0.25, 0.3) is 0 Å². The first kappa shape index (κ1) is 12.3. The molecule has 1 saturated carbocycles. The number of ether oxygens (including phenoxy) is 3. The van der Waals surface area contributed by atoms with Gasteiger partial charge in [0.05, 0.1) is 19.3 Å². The van der Waals surface area contributed by atoms with Gasteiger partial charge < -0.3 is 14.2 Å². The largest absolute Gasteiger partial charge is 0.508 e. The van der Waals surface area contributed by atoms with Crippen molar-refractivity contribution in [2.45, 2.75) is 69.2 Å². The molecule has 0 aromatic heterocycles. The van der Waals surface area contributed by atoms with Gasteiger partial charge in [-0.25, -0.2) is 4.79 Å². The minimum atomic E-state index is -0.528. The Morgan fingerprint density at radius 1 is 1.22 bits per heavy atom. The lowest BCUT2D eigenvalue weighted by atomic mass is 9.69. The molecule has 3 aliphatic rings. The topological polar surface area (TPSA) is 44.8 Å². The highest BCUT2D eigenvalue weighted by Crippen LogP contribution is 2.50. The monoisotopic (exact) mass is 254 g/mol. The molecule has 3 unspecified atom stereocenters. The molecule has 3 atom stereocenters. The van der Waals surface area contributed by atoms with E-state index in [0.717, 1.165) is 38.5 Å². The molecule has 2 aliphatic heterocycles. The highest BCUT2D eigenvalue weighted by atomic mass is 16.7. The molecule has 2 saturated heterocycles. The number of rotatable bonds is 2. The van der Waals surface area contributed by atoms with E-state index in [0.29, 0.717) is 18.1 Å². The van der Waals surface area contributed by atoms with Gasteiger partial charge in [-0.2, -0.15) is 0 Å². The summed E-state index contributed by atoms with van der Waals surface area (Å²) in [5, 5.41) is 0. The quantitative estimate of drug-likeness (QED) is 0.710. The van der Waals surface area contributed by atoms with E-state index in [4.69, 9.17) is 14.2 Å². The van der Waals surface area contributed by atoms with Crippen molar-refractivity contribution in [3.63, 3.8) is 0 Å². The molecule has 0 amide bonds. The Morgan fingerprint density at radius 2 is 2.00 bits per heavy atom. The second kappa shape index (κ2) is 4.72. The highest BCUT2D eigenvalue weighted by molar-refractivity contribution is 5.60. The van der Waals surface area contributed by atoms with Crippen LogP contribution >= 0.6 is 0 Å². The van der Waals surface area contributed by atoms with E-state index in [1.165, 1.54) is 20.0 Å². The average Bonchev–Trinajstić information content (AvgIpc) is 3.02. The summed E-state index contributed by atoms with van der Waals surface area (Å²) in [6.45, 7) is 0. The number of carbonyl (C=O) groups excluding carboxylic acids is 1. The van der Waals surface area contributed by atoms with Crippen LogP contribution in [0.4, 0.5) is 4.79 Å². The summed E-state index contributed by atoms with van der Waals surface area (Å²) in [7, 11) is 1.39. The standard InChI is InChI=1S/C14H22O4/c1-16-13(15)18-14(7-3-2-4-8-14)11-9-10-5-6-12(11)17-10/h10-12H,2-9H2,1H3. The van der Waals surface area contributed by atoms with Crippen molar-refractivity contribution in [1.29, 1.82) is 0 Å². The van der Waals surface area contributed by atoms with Crippen LogP contribution in [0.25, 0.3) is 0 Å². The van der Waals surface area contributed by atoms with E-state index in [9.17, 15) is 4.79 Å². The molecule has 0 N–H and O–H groups in total. The van der Waals surface area contributed by atoms with Gasteiger partial charge in [-0.3, -0.25) is 0 Å². The summed E-state index contributed by atoms with van der Waals surface area (Å²) in [6.07, 6.45) is 9.01. The van der Waals surface area contributed by atoms with Gasteiger partial charge in [-0.05, 0) is 44.9 Å². The first-order valence-electron chi connectivity index (χ1n) is 7.16. The molecular formula is C14H22O4. The Balaban J connectivity index is 1.78. The summed E-state index contributed by atoms with van der Waals surface area (Å²) in [5.41, 5.74) is -0.314. The zero-order valence-corrected chi connectivity index (χ0v) is 11.0. The molecule has 2 heterocycles. The Labute approximate surface area is 108 Å². The molecule has 18 heavy (non-hydrogen) atoms. The van der Waals surface area contributed by atoms with Crippen molar-refractivity contribution in [3.8, 4) is 0 Å². The molecule has 3 rings (SSSR count). The summed E-state index contributed by atoms with van der Waals surface area (Å²) in [5.74, 6) is 0.385. The molecule has 3 fully saturated rings. The predicted octanol–water partition coefficient (Wildman–Crippen LogP) is 3.04. The molecule has 2 bridgehead atoms. The Hall–Kier alpha value is -0.770. The van der Waals surface area contributed by atoms with Crippen molar-refractivity contribution in [2.75, 3.05) is 7.11 Å². The first-order valence-corrected chi connectivity index (χ1v) is 7.16. The van der Waals surface area contributed by atoms with E-state index in [2.05, 4.69) is 0 Å². The van der Waals surface area contributed by atoms with Crippen LogP contribution < -0.4 is 0 Å². The van der Waals surface area contributed by atoms with Gasteiger partial charge in [-0.1, -0.05) is 6.42 Å². The fourth-order valence-corrected chi connectivity index (χ4v) is 4.10. The van der Waals surface area contributed by atoms with Gasteiger partial charge in [-0.15, -0.1) is 0 Å². The van der Waals surface area contributed by atoms with Crippen LogP contribution in [0, 0.1) is 5.92 Å². The molecule has 0 radical (unpaired) electrons. The first-order chi connectivity index (χ1) is 8.73. The van der Waals surface area contributed by atoms with Crippen LogP contribution in [-0.4, -0.2) is 31.1 Å². The third-order valence-electron chi connectivity index (χ3n) is 4.93. The molecule has 4 heteroatoms. The molecule has 0 aromatic carbocycles. The predicted molar refractivity (Wildman–Crippen MR) is 65.3 cm³/mol. The number of methoxy groups -OCH3 is 1. The van der Waals surface area contributed by atoms with E-state index in [-0.39, 0.29) is 5.60 Å². The van der Waals surface area contributed by atoms with Crippen molar-refractivity contribution >= 4 is 6.16 Å². The fourth-order valence-electron chi connectivity index (χ4n) is 4.10. The van der Waals surface area contributed by atoms with Crippen molar-refractivity contribution < 1.29 is 19.0 Å². The Bertz CT molecular complexity index is 322. The van der Waals surface area contributed by atoms with Crippen LogP contribution in [0.5, 0.6) is 0 Å². The van der Waals surface area contributed by atoms with Gasteiger partial charge >= 0.3 is 6.16 Å². The van der Waals surface area contributed by atoms with Crippen LogP contribution in [-0.2, 0) is 14.2 Å². The molecular weight excluding hydrogens is 232 g/mol. The minimum absolute atomic E-state index is 0.303. The van der Waals surface area contributed by atoms with Crippen molar-refractivity contribution in [2.24, 2.45) is 5.92 Å². The maximum atomic E-state index is 11.6. The average molecular weight is 254 g/mol. The maximum absolute atomic E-state index is 11.6. The third kappa shape index (κ3) is 2.00. The minimum Gasteiger partial charge on any atom is -0.438 e. The zero-order chi connectivity index (χ0) is 12.6. The highest BCUT2D eigenvalue weighted by Gasteiger charge is 2.54. The lowest BCUT2D eigenvalue weighted by molar-refractivity contribution is -0.0987. The van der Waals surface area contributed by atoms with E-state index in [1.54, 1.807) is 0 Å². The second-order valence-corrected chi connectivity index (χ2v) is 5.90. The van der Waals surface area contributed by atoms with Crippen LogP contribution in [0.1, 0.15) is 51.4 Å². The SMILES string of the molecule is COC(=O)OC1(C2CC3CCC2O3)CCCCC1. The van der Waals surface area contributed by atoms with Gasteiger partial charge in [0.1, 0.15) is 5.60 Å². The number of carbonyl (C=O) groups is 1. The molecule has 0 spiro atoms. The second-order valence-electron chi connectivity index (χ2n) is 5.90. The van der Waals surface area contributed by atoms with Gasteiger partial charge in [0.15, 0.2) is 0 Å². The number of hydrogen-bond acceptors (Lipinski definition) is 4. The van der Waals surface area contributed by atoms with Crippen LogP contribution in [0.2, 0.25) is 0 Å². The smallest absolute Gasteiger partial charge is 0.438 e. The van der Waals surface area contributed by atoms with Crippen LogP contribution in [0.15, 0.2) is 0 Å². The third-order valence-corrected chi connectivity index (χ3v) is 4.93. The summed E-state index contributed by atoms with van der Waals surface area (Å²) in [6, 6.07) is 0. The zero-order valence-electron chi connectivity index (χ0n) is 11.0. The Kier molecular flexibility index (Phi) is 3.22. The molecule has 1 aliphatic carbocycles. The van der Waals surface area contributed by atoms with E-state index >= 15 is 0 Å². The molecule has 102 valence electrons. The summed E-state index contributed by atoms with van der Waals surface area (Å²) < 4.78 is 16.4. The molecule has 0 aromatic rings. The number of hydrogen-bond donors (Lipinski definition) is 0. The van der Waals surface area contributed by atoms with Crippen molar-refractivity contribution in [1.82, 2.24) is 0 Å². The number of fused-ring (bicyclic) bond motifs is 2. The lowest BCUT2D eigenvalue weighted by Crippen LogP contribution is -2.48. The Morgan fingerprint density at radius 3 is 2.56 bits per heavy atom.